The number of benzene rings is 1. The second-order valence-electron chi connectivity index (χ2n) is 5.32. The Morgan fingerprint density at radius 3 is 2.90 bits per heavy atom. The van der Waals surface area contributed by atoms with E-state index in [-0.39, 0.29) is 0 Å². The minimum atomic E-state index is 0.602. The zero-order valence-electron chi connectivity index (χ0n) is 11.5. The van der Waals surface area contributed by atoms with Crippen LogP contribution in [0.1, 0.15) is 18.7 Å². The molecule has 2 aromatic rings. The Hall–Kier alpha value is -1.79. The first-order valence-electron chi connectivity index (χ1n) is 7.12. The lowest BCUT2D eigenvalue weighted by molar-refractivity contribution is 0.166. The molecule has 1 saturated heterocycles. The van der Waals surface area contributed by atoms with Crippen molar-refractivity contribution in [2.75, 3.05) is 19.6 Å². The fourth-order valence-electron chi connectivity index (χ4n) is 2.76. The Bertz CT molecular complexity index is 538. The number of para-hydroxylation sites is 1. The van der Waals surface area contributed by atoms with E-state index in [0.29, 0.717) is 5.92 Å². The zero-order chi connectivity index (χ0) is 13.8. The Balaban J connectivity index is 1.74. The average Bonchev–Trinajstić information content (AvgIpc) is 2.96. The minimum absolute atomic E-state index is 0.602. The molecule has 2 N–H and O–H groups in total. The van der Waals surface area contributed by atoms with E-state index in [1.165, 1.54) is 12.8 Å². The van der Waals surface area contributed by atoms with Gasteiger partial charge < -0.3 is 5.73 Å². The summed E-state index contributed by atoms with van der Waals surface area (Å²) >= 11 is 0. The fraction of sp³-hybridized carbons (Fsp3) is 0.500. The SMILES string of the molecule is NCC1CCCN(Cc2nnnn2-c2ccccc2)C1. The molecule has 1 fully saturated rings. The summed E-state index contributed by atoms with van der Waals surface area (Å²) in [4.78, 5) is 2.40. The molecule has 106 valence electrons. The Morgan fingerprint density at radius 2 is 2.10 bits per heavy atom. The standard InChI is InChI=1S/C14H20N6/c15-9-12-5-4-8-19(10-12)11-14-16-17-18-20(14)13-6-2-1-3-7-13/h1-3,6-7,12H,4-5,8-11,15H2. The van der Waals surface area contributed by atoms with Gasteiger partial charge in [-0.25, -0.2) is 0 Å². The molecular formula is C14H20N6. The van der Waals surface area contributed by atoms with E-state index >= 15 is 0 Å². The average molecular weight is 272 g/mol. The van der Waals surface area contributed by atoms with E-state index in [9.17, 15) is 0 Å². The Kier molecular flexibility index (Phi) is 4.03. The molecule has 0 aliphatic carbocycles. The quantitative estimate of drug-likeness (QED) is 0.892. The number of tetrazole rings is 1. The summed E-state index contributed by atoms with van der Waals surface area (Å²) in [6, 6.07) is 10.00. The second kappa shape index (κ2) is 6.11. The third kappa shape index (κ3) is 2.86. The highest BCUT2D eigenvalue weighted by atomic mass is 15.5. The van der Waals surface area contributed by atoms with E-state index in [0.717, 1.165) is 37.7 Å². The number of nitrogens with two attached hydrogens (primary N) is 1. The van der Waals surface area contributed by atoms with Crippen molar-refractivity contribution in [2.45, 2.75) is 19.4 Å². The van der Waals surface area contributed by atoms with Crippen molar-refractivity contribution < 1.29 is 0 Å². The van der Waals surface area contributed by atoms with Crippen molar-refractivity contribution in [1.82, 2.24) is 25.1 Å². The molecule has 0 radical (unpaired) electrons. The lowest BCUT2D eigenvalue weighted by atomic mass is 9.98. The topological polar surface area (TPSA) is 72.9 Å². The van der Waals surface area contributed by atoms with Gasteiger partial charge in [-0.2, -0.15) is 4.68 Å². The van der Waals surface area contributed by atoms with Crippen molar-refractivity contribution in [2.24, 2.45) is 11.7 Å². The minimum Gasteiger partial charge on any atom is -0.330 e. The highest BCUT2D eigenvalue weighted by molar-refractivity contribution is 5.30. The van der Waals surface area contributed by atoms with E-state index in [4.69, 9.17) is 5.73 Å². The highest BCUT2D eigenvalue weighted by Crippen LogP contribution is 2.17. The predicted molar refractivity (Wildman–Crippen MR) is 76.2 cm³/mol. The van der Waals surface area contributed by atoms with E-state index in [2.05, 4.69) is 20.4 Å². The van der Waals surface area contributed by atoms with Gasteiger partial charge in [-0.15, -0.1) is 5.10 Å². The summed E-state index contributed by atoms with van der Waals surface area (Å²) in [7, 11) is 0. The van der Waals surface area contributed by atoms with Crippen molar-refractivity contribution in [1.29, 1.82) is 0 Å². The number of rotatable bonds is 4. The third-order valence-electron chi connectivity index (χ3n) is 3.84. The van der Waals surface area contributed by atoms with Crippen molar-refractivity contribution in [3.05, 3.63) is 36.2 Å². The van der Waals surface area contributed by atoms with Crippen LogP contribution in [0, 0.1) is 5.92 Å². The molecule has 0 amide bonds. The first-order valence-corrected chi connectivity index (χ1v) is 7.12. The van der Waals surface area contributed by atoms with Crippen LogP contribution in [0.4, 0.5) is 0 Å². The number of piperidine rings is 1. The van der Waals surface area contributed by atoms with E-state index in [1.807, 2.05) is 35.0 Å². The molecule has 20 heavy (non-hydrogen) atoms. The number of hydrogen-bond donors (Lipinski definition) is 1. The Morgan fingerprint density at radius 1 is 1.25 bits per heavy atom. The number of aromatic nitrogens is 4. The molecule has 1 aliphatic heterocycles. The molecule has 1 aliphatic rings. The molecule has 6 heteroatoms. The van der Waals surface area contributed by atoms with Crippen LogP contribution in [-0.4, -0.2) is 44.7 Å². The van der Waals surface area contributed by atoms with Gasteiger partial charge in [-0.3, -0.25) is 4.90 Å². The van der Waals surface area contributed by atoms with Crippen LogP contribution in [0.15, 0.2) is 30.3 Å². The lowest BCUT2D eigenvalue weighted by Crippen LogP contribution is -2.38. The molecule has 6 nitrogen and oxygen atoms in total. The maximum Gasteiger partial charge on any atom is 0.170 e. The number of nitrogens with zero attached hydrogens (tertiary/aromatic N) is 5. The summed E-state index contributed by atoms with van der Waals surface area (Å²) in [5, 5.41) is 12.1. The fourth-order valence-corrected chi connectivity index (χ4v) is 2.76. The molecule has 0 spiro atoms. The van der Waals surface area contributed by atoms with Gasteiger partial charge in [0.2, 0.25) is 0 Å². The lowest BCUT2D eigenvalue weighted by Gasteiger charge is -2.31. The summed E-state index contributed by atoms with van der Waals surface area (Å²) in [6.07, 6.45) is 2.44. The van der Waals surface area contributed by atoms with Crippen LogP contribution in [0.25, 0.3) is 5.69 Å². The third-order valence-corrected chi connectivity index (χ3v) is 3.84. The maximum absolute atomic E-state index is 5.79. The molecular weight excluding hydrogens is 252 g/mol. The number of likely N-dealkylation sites (tertiary alicyclic amines) is 1. The van der Waals surface area contributed by atoms with Gasteiger partial charge in [0.1, 0.15) is 0 Å². The van der Waals surface area contributed by atoms with Crippen LogP contribution in [0.2, 0.25) is 0 Å². The molecule has 1 aromatic heterocycles. The zero-order valence-corrected chi connectivity index (χ0v) is 11.5. The second-order valence-corrected chi connectivity index (χ2v) is 5.32. The van der Waals surface area contributed by atoms with Gasteiger partial charge in [0, 0.05) is 6.54 Å². The van der Waals surface area contributed by atoms with Crippen LogP contribution in [0.3, 0.4) is 0 Å². The molecule has 1 atom stereocenters. The first kappa shape index (κ1) is 13.2. The van der Waals surface area contributed by atoms with Gasteiger partial charge in [0.25, 0.3) is 0 Å². The predicted octanol–water partition coefficient (Wildman–Crippen LogP) is 0.833. The normalized spacial score (nSPS) is 20.1. The maximum atomic E-state index is 5.79. The summed E-state index contributed by atoms with van der Waals surface area (Å²) in [6.45, 7) is 3.68. The van der Waals surface area contributed by atoms with Crippen molar-refractivity contribution >= 4 is 0 Å². The molecule has 0 bridgehead atoms. The van der Waals surface area contributed by atoms with Crippen LogP contribution in [0.5, 0.6) is 0 Å². The summed E-state index contributed by atoms with van der Waals surface area (Å²) < 4.78 is 1.81. The smallest absolute Gasteiger partial charge is 0.170 e. The number of hydrogen-bond acceptors (Lipinski definition) is 5. The first-order chi connectivity index (χ1) is 9.86. The van der Waals surface area contributed by atoms with E-state index in [1.54, 1.807) is 0 Å². The molecule has 0 saturated carbocycles. The summed E-state index contributed by atoms with van der Waals surface area (Å²) in [5.74, 6) is 1.48. The monoisotopic (exact) mass is 272 g/mol. The van der Waals surface area contributed by atoms with Gasteiger partial charge in [0.05, 0.1) is 12.2 Å². The van der Waals surface area contributed by atoms with Crippen molar-refractivity contribution in [3.8, 4) is 5.69 Å². The van der Waals surface area contributed by atoms with E-state index < -0.39 is 0 Å². The van der Waals surface area contributed by atoms with Gasteiger partial charge in [-0.05, 0) is 54.4 Å². The Labute approximate surface area is 118 Å². The highest BCUT2D eigenvalue weighted by Gasteiger charge is 2.21. The largest absolute Gasteiger partial charge is 0.330 e. The van der Waals surface area contributed by atoms with Crippen LogP contribution < -0.4 is 5.73 Å². The summed E-state index contributed by atoms with van der Waals surface area (Å²) in [5.41, 5.74) is 6.79. The molecule has 3 rings (SSSR count). The van der Waals surface area contributed by atoms with Gasteiger partial charge in [0.15, 0.2) is 5.82 Å². The van der Waals surface area contributed by atoms with Gasteiger partial charge >= 0.3 is 0 Å². The van der Waals surface area contributed by atoms with Gasteiger partial charge in [-0.1, -0.05) is 18.2 Å². The van der Waals surface area contributed by atoms with Crippen molar-refractivity contribution in [3.63, 3.8) is 0 Å². The molecule has 2 heterocycles. The molecule has 1 unspecified atom stereocenters. The molecule has 1 aromatic carbocycles. The van der Waals surface area contributed by atoms with Crippen LogP contribution in [-0.2, 0) is 6.54 Å². The van der Waals surface area contributed by atoms with Crippen LogP contribution >= 0.6 is 0 Å².